The Labute approximate surface area is 118 Å². The molecule has 2 aromatic heterocycles. The SMILES string of the molecule is FC(F)(F)c1nnc2ccc(NCC3CC=CCC3)nn12. The van der Waals surface area contributed by atoms with Crippen molar-refractivity contribution < 1.29 is 13.2 Å². The average Bonchev–Trinajstić information content (AvgIpc) is 2.89. The Balaban J connectivity index is 1.78. The van der Waals surface area contributed by atoms with E-state index < -0.39 is 12.0 Å². The van der Waals surface area contributed by atoms with E-state index in [0.717, 1.165) is 23.8 Å². The van der Waals surface area contributed by atoms with Gasteiger partial charge in [-0.25, -0.2) is 0 Å². The van der Waals surface area contributed by atoms with E-state index in [0.29, 0.717) is 18.3 Å². The normalized spacial score (nSPS) is 19.1. The van der Waals surface area contributed by atoms with Gasteiger partial charge >= 0.3 is 6.18 Å². The van der Waals surface area contributed by atoms with E-state index in [1.54, 1.807) is 6.07 Å². The molecule has 1 unspecified atom stereocenters. The Kier molecular flexibility index (Phi) is 3.52. The van der Waals surface area contributed by atoms with Crippen LogP contribution in [0.25, 0.3) is 5.65 Å². The van der Waals surface area contributed by atoms with Crippen LogP contribution >= 0.6 is 0 Å². The number of hydrogen-bond acceptors (Lipinski definition) is 4. The number of fused-ring (bicyclic) bond motifs is 1. The fraction of sp³-hybridized carbons (Fsp3) is 0.462. The lowest BCUT2D eigenvalue weighted by Crippen LogP contribution is -2.17. The van der Waals surface area contributed by atoms with Crippen LogP contribution in [0, 0.1) is 5.92 Å². The van der Waals surface area contributed by atoms with Crippen molar-refractivity contribution in [3.63, 3.8) is 0 Å². The van der Waals surface area contributed by atoms with Gasteiger partial charge in [-0.05, 0) is 37.3 Å². The lowest BCUT2D eigenvalue weighted by molar-refractivity contribution is -0.146. The summed E-state index contributed by atoms with van der Waals surface area (Å²) in [5.41, 5.74) is 0.0773. The fourth-order valence-corrected chi connectivity index (χ4v) is 2.35. The second-order valence-corrected chi connectivity index (χ2v) is 5.04. The van der Waals surface area contributed by atoms with Crippen molar-refractivity contribution in [3.05, 3.63) is 30.1 Å². The van der Waals surface area contributed by atoms with E-state index in [-0.39, 0.29) is 5.65 Å². The Hall–Kier alpha value is -2.12. The third-order valence-electron chi connectivity index (χ3n) is 3.47. The van der Waals surface area contributed by atoms with Gasteiger partial charge in [0, 0.05) is 6.54 Å². The molecule has 8 heteroatoms. The molecule has 1 aliphatic carbocycles. The first-order valence-electron chi connectivity index (χ1n) is 6.72. The first-order valence-corrected chi connectivity index (χ1v) is 6.72. The van der Waals surface area contributed by atoms with E-state index in [9.17, 15) is 13.2 Å². The minimum atomic E-state index is -4.57. The highest BCUT2D eigenvalue weighted by Gasteiger charge is 2.37. The summed E-state index contributed by atoms with van der Waals surface area (Å²) in [6, 6.07) is 3.08. The monoisotopic (exact) mass is 297 g/mol. The zero-order chi connectivity index (χ0) is 14.9. The molecular formula is C13H14F3N5. The number of aromatic nitrogens is 4. The van der Waals surface area contributed by atoms with E-state index >= 15 is 0 Å². The van der Waals surface area contributed by atoms with Crippen LogP contribution in [-0.2, 0) is 6.18 Å². The summed E-state index contributed by atoms with van der Waals surface area (Å²) in [5, 5.41) is 13.6. The van der Waals surface area contributed by atoms with Crippen LogP contribution in [0.1, 0.15) is 25.1 Å². The van der Waals surface area contributed by atoms with Gasteiger partial charge in [0.05, 0.1) is 0 Å². The smallest absolute Gasteiger partial charge is 0.368 e. The van der Waals surface area contributed by atoms with Gasteiger partial charge in [0.2, 0.25) is 0 Å². The van der Waals surface area contributed by atoms with E-state index in [4.69, 9.17) is 0 Å². The lowest BCUT2D eigenvalue weighted by atomic mass is 9.94. The van der Waals surface area contributed by atoms with Crippen LogP contribution in [0.2, 0.25) is 0 Å². The molecule has 1 N–H and O–H groups in total. The molecule has 0 saturated carbocycles. The maximum Gasteiger partial charge on any atom is 0.453 e. The van der Waals surface area contributed by atoms with Gasteiger partial charge in [0.1, 0.15) is 5.82 Å². The zero-order valence-corrected chi connectivity index (χ0v) is 11.1. The summed E-state index contributed by atoms with van der Waals surface area (Å²) in [4.78, 5) is 0. The molecule has 21 heavy (non-hydrogen) atoms. The molecule has 0 radical (unpaired) electrons. The molecular weight excluding hydrogens is 283 g/mol. The van der Waals surface area contributed by atoms with Crippen molar-refractivity contribution >= 4 is 11.5 Å². The van der Waals surface area contributed by atoms with E-state index in [1.807, 2.05) is 0 Å². The largest absolute Gasteiger partial charge is 0.453 e. The molecule has 0 aliphatic heterocycles. The molecule has 1 atom stereocenters. The number of hydrogen-bond donors (Lipinski definition) is 1. The second-order valence-electron chi connectivity index (χ2n) is 5.04. The van der Waals surface area contributed by atoms with Crippen molar-refractivity contribution in [2.24, 2.45) is 5.92 Å². The Morgan fingerprint density at radius 2 is 2.10 bits per heavy atom. The Bertz CT molecular complexity index is 661. The third kappa shape index (κ3) is 2.98. The molecule has 0 bridgehead atoms. The van der Waals surface area contributed by atoms with Crippen molar-refractivity contribution in [2.75, 3.05) is 11.9 Å². The number of anilines is 1. The molecule has 0 amide bonds. The standard InChI is InChI=1S/C13H14F3N5/c14-13(15,16)12-19-18-11-7-6-10(20-21(11)12)17-8-9-4-2-1-3-5-9/h1-2,6-7,9H,3-5,8H2,(H,17,20). The van der Waals surface area contributed by atoms with Crippen LogP contribution in [0.5, 0.6) is 0 Å². The van der Waals surface area contributed by atoms with Crippen LogP contribution in [-0.4, -0.2) is 26.4 Å². The Morgan fingerprint density at radius 3 is 2.81 bits per heavy atom. The average molecular weight is 297 g/mol. The number of alkyl halides is 3. The predicted molar refractivity (Wildman–Crippen MR) is 70.8 cm³/mol. The summed E-state index contributed by atoms with van der Waals surface area (Å²) >= 11 is 0. The van der Waals surface area contributed by atoms with Crippen LogP contribution in [0.3, 0.4) is 0 Å². The number of nitrogens with one attached hydrogen (secondary N) is 1. The number of nitrogens with zero attached hydrogens (tertiary/aromatic N) is 4. The van der Waals surface area contributed by atoms with Gasteiger partial charge in [-0.2, -0.15) is 17.7 Å². The molecule has 0 spiro atoms. The second kappa shape index (κ2) is 5.34. The number of halogens is 3. The fourth-order valence-electron chi connectivity index (χ4n) is 2.35. The highest BCUT2D eigenvalue weighted by Crippen LogP contribution is 2.27. The number of allylic oxidation sites excluding steroid dienone is 2. The molecule has 0 aromatic carbocycles. The maximum atomic E-state index is 12.8. The quantitative estimate of drug-likeness (QED) is 0.885. The number of rotatable bonds is 3. The molecule has 2 aromatic rings. The first-order chi connectivity index (χ1) is 10.0. The predicted octanol–water partition coefficient (Wildman–Crippen LogP) is 2.91. The van der Waals surface area contributed by atoms with Crippen molar-refractivity contribution in [3.8, 4) is 0 Å². The lowest BCUT2D eigenvalue weighted by Gasteiger charge is -2.18. The summed E-state index contributed by atoms with van der Waals surface area (Å²) in [6.45, 7) is 0.687. The zero-order valence-electron chi connectivity index (χ0n) is 11.1. The summed E-state index contributed by atoms with van der Waals surface area (Å²) in [7, 11) is 0. The minimum absolute atomic E-state index is 0.0773. The third-order valence-corrected chi connectivity index (χ3v) is 3.47. The Morgan fingerprint density at radius 1 is 1.24 bits per heavy atom. The van der Waals surface area contributed by atoms with Crippen LogP contribution in [0.15, 0.2) is 24.3 Å². The van der Waals surface area contributed by atoms with E-state index in [1.165, 1.54) is 6.07 Å². The maximum absolute atomic E-state index is 12.8. The van der Waals surface area contributed by atoms with Crippen LogP contribution < -0.4 is 5.32 Å². The van der Waals surface area contributed by atoms with Crippen molar-refractivity contribution in [1.29, 1.82) is 0 Å². The molecule has 0 saturated heterocycles. The molecule has 0 fully saturated rings. The van der Waals surface area contributed by atoms with Gasteiger partial charge < -0.3 is 5.32 Å². The minimum Gasteiger partial charge on any atom is -0.368 e. The first kappa shape index (κ1) is 13.8. The summed E-state index contributed by atoms with van der Waals surface area (Å²) in [5.74, 6) is -0.236. The highest BCUT2D eigenvalue weighted by atomic mass is 19.4. The van der Waals surface area contributed by atoms with Crippen molar-refractivity contribution in [1.82, 2.24) is 19.8 Å². The van der Waals surface area contributed by atoms with Gasteiger partial charge in [0.15, 0.2) is 5.65 Å². The van der Waals surface area contributed by atoms with Crippen LogP contribution in [0.4, 0.5) is 19.0 Å². The molecule has 3 rings (SSSR count). The summed E-state index contributed by atoms with van der Waals surface area (Å²) < 4.78 is 39.0. The van der Waals surface area contributed by atoms with Crippen molar-refractivity contribution in [2.45, 2.75) is 25.4 Å². The summed E-state index contributed by atoms with van der Waals surface area (Å²) in [6.07, 6.45) is 2.81. The van der Waals surface area contributed by atoms with Gasteiger partial charge in [-0.3, -0.25) is 0 Å². The van der Waals surface area contributed by atoms with Gasteiger partial charge in [-0.1, -0.05) is 12.2 Å². The highest BCUT2D eigenvalue weighted by molar-refractivity contribution is 5.44. The molecule has 5 nitrogen and oxygen atoms in total. The molecule has 2 heterocycles. The topological polar surface area (TPSA) is 55.1 Å². The van der Waals surface area contributed by atoms with Gasteiger partial charge in [0.25, 0.3) is 5.82 Å². The molecule has 1 aliphatic rings. The molecule has 112 valence electrons. The van der Waals surface area contributed by atoms with E-state index in [2.05, 4.69) is 32.8 Å². The van der Waals surface area contributed by atoms with Gasteiger partial charge in [-0.15, -0.1) is 15.3 Å².